The smallest absolute Gasteiger partial charge is 0.115 e. The van der Waals surface area contributed by atoms with Crippen LogP contribution in [0.1, 0.15) is 18.0 Å². The number of nitrogens with zero attached hydrogens (tertiary/aromatic N) is 1. The van der Waals surface area contributed by atoms with E-state index < -0.39 is 0 Å². The van der Waals surface area contributed by atoms with Gasteiger partial charge in [0.2, 0.25) is 0 Å². The molecule has 2 rings (SSSR count). The summed E-state index contributed by atoms with van der Waals surface area (Å²) in [5.74, 6) is 0.251. The SMILES string of the molecule is Cl.Oc1cccc([C@H](CCF)N2CCNCC2)c1. The Morgan fingerprint density at radius 2 is 2.06 bits per heavy atom. The zero-order valence-electron chi connectivity index (χ0n) is 10.3. The van der Waals surface area contributed by atoms with E-state index in [0.29, 0.717) is 6.42 Å². The van der Waals surface area contributed by atoms with Crippen LogP contribution in [0.2, 0.25) is 0 Å². The van der Waals surface area contributed by atoms with E-state index in [4.69, 9.17) is 0 Å². The number of rotatable bonds is 4. The molecule has 1 aliphatic heterocycles. The lowest BCUT2D eigenvalue weighted by atomic mass is 10.0. The molecular weight excluding hydrogens is 255 g/mol. The number of piperazine rings is 1. The largest absolute Gasteiger partial charge is 0.508 e. The molecule has 1 heterocycles. The van der Waals surface area contributed by atoms with Gasteiger partial charge in [0.05, 0.1) is 6.67 Å². The first-order valence-electron chi connectivity index (χ1n) is 6.11. The van der Waals surface area contributed by atoms with E-state index in [1.54, 1.807) is 12.1 Å². The van der Waals surface area contributed by atoms with Gasteiger partial charge in [-0.15, -0.1) is 12.4 Å². The van der Waals surface area contributed by atoms with Crippen LogP contribution in [0.15, 0.2) is 24.3 Å². The molecule has 18 heavy (non-hydrogen) atoms. The molecule has 2 N–H and O–H groups in total. The molecule has 0 aliphatic carbocycles. The van der Waals surface area contributed by atoms with Crippen LogP contribution in [0, 0.1) is 0 Å². The summed E-state index contributed by atoms with van der Waals surface area (Å²) in [6, 6.07) is 7.24. The predicted molar refractivity (Wildman–Crippen MR) is 73.1 cm³/mol. The standard InChI is InChI=1S/C13H19FN2O.ClH/c14-5-4-13(16-8-6-15-7-9-16)11-2-1-3-12(17)10-11;/h1-3,10,13,15,17H,4-9H2;1H/t13-;/m0./s1. The third-order valence-corrected chi connectivity index (χ3v) is 3.23. The second kappa shape index (κ2) is 7.56. The first-order chi connectivity index (χ1) is 8.31. The Labute approximate surface area is 113 Å². The fourth-order valence-electron chi connectivity index (χ4n) is 2.39. The minimum Gasteiger partial charge on any atom is -0.508 e. The molecule has 0 bridgehead atoms. The van der Waals surface area contributed by atoms with Gasteiger partial charge in [0, 0.05) is 32.2 Å². The molecule has 0 radical (unpaired) electrons. The zero-order chi connectivity index (χ0) is 12.1. The molecule has 0 unspecified atom stereocenters. The lowest BCUT2D eigenvalue weighted by molar-refractivity contribution is 0.157. The molecule has 1 fully saturated rings. The molecule has 1 aliphatic rings. The quantitative estimate of drug-likeness (QED) is 0.883. The highest BCUT2D eigenvalue weighted by Crippen LogP contribution is 2.27. The maximum absolute atomic E-state index is 12.7. The van der Waals surface area contributed by atoms with Crippen molar-refractivity contribution in [2.45, 2.75) is 12.5 Å². The van der Waals surface area contributed by atoms with Crippen molar-refractivity contribution in [3.8, 4) is 5.75 Å². The second-order valence-electron chi connectivity index (χ2n) is 4.37. The number of phenolic OH excluding ortho intramolecular Hbond substituents is 1. The maximum atomic E-state index is 12.7. The van der Waals surface area contributed by atoms with E-state index in [1.807, 2.05) is 12.1 Å². The summed E-state index contributed by atoms with van der Waals surface area (Å²) in [6.45, 7) is 3.42. The number of phenols is 1. The van der Waals surface area contributed by atoms with E-state index in [0.717, 1.165) is 31.7 Å². The average Bonchev–Trinajstić information content (AvgIpc) is 2.37. The minimum atomic E-state index is -0.329. The lowest BCUT2D eigenvalue weighted by Crippen LogP contribution is -2.45. The molecule has 0 amide bonds. The molecule has 1 aromatic carbocycles. The number of nitrogens with one attached hydrogen (secondary N) is 1. The van der Waals surface area contributed by atoms with Gasteiger partial charge in [-0.1, -0.05) is 12.1 Å². The molecule has 102 valence electrons. The topological polar surface area (TPSA) is 35.5 Å². The molecule has 0 spiro atoms. The summed E-state index contributed by atoms with van der Waals surface area (Å²) in [6.07, 6.45) is 0.490. The van der Waals surface area contributed by atoms with E-state index >= 15 is 0 Å². The monoisotopic (exact) mass is 274 g/mol. The van der Waals surface area contributed by atoms with Crippen molar-refractivity contribution in [1.82, 2.24) is 10.2 Å². The van der Waals surface area contributed by atoms with Crippen molar-refractivity contribution in [2.75, 3.05) is 32.9 Å². The van der Waals surface area contributed by atoms with Crippen LogP contribution in [0.4, 0.5) is 4.39 Å². The number of benzene rings is 1. The van der Waals surface area contributed by atoms with E-state index in [9.17, 15) is 9.50 Å². The minimum absolute atomic E-state index is 0. The molecular formula is C13H20ClFN2O. The Bertz CT molecular complexity index is 359. The van der Waals surface area contributed by atoms with Gasteiger partial charge in [-0.05, 0) is 24.1 Å². The number of aromatic hydroxyl groups is 1. The number of hydrogen-bond acceptors (Lipinski definition) is 3. The van der Waals surface area contributed by atoms with Crippen molar-refractivity contribution >= 4 is 12.4 Å². The molecule has 0 saturated carbocycles. The second-order valence-corrected chi connectivity index (χ2v) is 4.37. The van der Waals surface area contributed by atoms with E-state index in [1.165, 1.54) is 0 Å². The van der Waals surface area contributed by atoms with Gasteiger partial charge in [0.1, 0.15) is 5.75 Å². The number of halogens is 2. The Hall–Kier alpha value is -0.840. The summed E-state index contributed by atoms with van der Waals surface area (Å²) in [5.41, 5.74) is 1.00. The van der Waals surface area contributed by atoms with Gasteiger partial charge in [-0.3, -0.25) is 9.29 Å². The summed E-state index contributed by atoms with van der Waals surface area (Å²) in [4.78, 5) is 2.28. The Morgan fingerprint density at radius 3 is 2.67 bits per heavy atom. The molecule has 5 heteroatoms. The van der Waals surface area contributed by atoms with Crippen molar-refractivity contribution in [3.63, 3.8) is 0 Å². The van der Waals surface area contributed by atoms with Gasteiger partial charge >= 0.3 is 0 Å². The average molecular weight is 275 g/mol. The highest BCUT2D eigenvalue weighted by Gasteiger charge is 2.21. The Kier molecular flexibility index (Phi) is 6.39. The first-order valence-corrected chi connectivity index (χ1v) is 6.11. The highest BCUT2D eigenvalue weighted by molar-refractivity contribution is 5.85. The van der Waals surface area contributed by atoms with Crippen molar-refractivity contribution in [2.24, 2.45) is 0 Å². The van der Waals surface area contributed by atoms with Crippen LogP contribution in [0.3, 0.4) is 0 Å². The van der Waals surface area contributed by atoms with Crippen LogP contribution < -0.4 is 5.32 Å². The molecule has 0 aromatic heterocycles. The van der Waals surface area contributed by atoms with Crippen LogP contribution in [0.5, 0.6) is 5.75 Å². The fourth-order valence-corrected chi connectivity index (χ4v) is 2.39. The molecule has 1 aromatic rings. The van der Waals surface area contributed by atoms with Crippen LogP contribution in [0.25, 0.3) is 0 Å². The summed E-state index contributed by atoms with van der Waals surface area (Å²) >= 11 is 0. The van der Waals surface area contributed by atoms with Crippen LogP contribution in [-0.2, 0) is 0 Å². The third kappa shape index (κ3) is 3.83. The Morgan fingerprint density at radius 1 is 1.33 bits per heavy atom. The van der Waals surface area contributed by atoms with Crippen LogP contribution in [-0.4, -0.2) is 42.9 Å². The van der Waals surface area contributed by atoms with Gasteiger partial charge < -0.3 is 10.4 Å². The van der Waals surface area contributed by atoms with E-state index in [-0.39, 0.29) is 30.9 Å². The molecule has 1 saturated heterocycles. The number of hydrogen-bond donors (Lipinski definition) is 2. The number of alkyl halides is 1. The molecule has 1 atom stereocenters. The highest BCUT2D eigenvalue weighted by atomic mass is 35.5. The third-order valence-electron chi connectivity index (χ3n) is 3.23. The predicted octanol–water partition coefficient (Wildman–Crippen LogP) is 2.12. The normalized spacial score (nSPS) is 18.1. The van der Waals surface area contributed by atoms with E-state index in [2.05, 4.69) is 10.2 Å². The van der Waals surface area contributed by atoms with Crippen molar-refractivity contribution < 1.29 is 9.50 Å². The zero-order valence-corrected chi connectivity index (χ0v) is 11.1. The van der Waals surface area contributed by atoms with Gasteiger partial charge in [0.25, 0.3) is 0 Å². The first kappa shape index (κ1) is 15.2. The van der Waals surface area contributed by atoms with Crippen LogP contribution >= 0.6 is 12.4 Å². The van der Waals surface area contributed by atoms with Crippen molar-refractivity contribution in [1.29, 1.82) is 0 Å². The van der Waals surface area contributed by atoms with Gasteiger partial charge in [-0.2, -0.15) is 0 Å². The van der Waals surface area contributed by atoms with Gasteiger partial charge in [-0.25, -0.2) is 0 Å². The van der Waals surface area contributed by atoms with Crippen molar-refractivity contribution in [3.05, 3.63) is 29.8 Å². The Balaban J connectivity index is 0.00000162. The molecule has 3 nitrogen and oxygen atoms in total. The van der Waals surface area contributed by atoms with Gasteiger partial charge in [0.15, 0.2) is 0 Å². The summed E-state index contributed by atoms with van der Waals surface area (Å²) in [5, 5.41) is 12.8. The summed E-state index contributed by atoms with van der Waals surface area (Å²) in [7, 11) is 0. The maximum Gasteiger partial charge on any atom is 0.115 e. The lowest BCUT2D eigenvalue weighted by Gasteiger charge is -2.34. The fraction of sp³-hybridized carbons (Fsp3) is 0.538. The summed E-state index contributed by atoms with van der Waals surface area (Å²) < 4.78 is 12.7.